The summed E-state index contributed by atoms with van der Waals surface area (Å²) in [5.74, 6) is 1.53. The zero-order chi connectivity index (χ0) is 15.2. The van der Waals surface area contributed by atoms with Gasteiger partial charge in [-0.25, -0.2) is 0 Å². The lowest BCUT2D eigenvalue weighted by Crippen LogP contribution is -2.28. The SMILES string of the molecule is Cc1ccc(C(C)C)cc1OC(C)CNCc1cccs1. The Kier molecular flexibility index (Phi) is 5.83. The molecule has 1 atom stereocenters. The van der Waals surface area contributed by atoms with E-state index in [4.69, 9.17) is 4.74 Å². The Morgan fingerprint density at radius 1 is 1.19 bits per heavy atom. The quantitative estimate of drug-likeness (QED) is 0.798. The average molecular weight is 303 g/mol. The molecule has 0 saturated carbocycles. The summed E-state index contributed by atoms with van der Waals surface area (Å²) in [5, 5.41) is 5.56. The number of rotatable bonds is 7. The van der Waals surface area contributed by atoms with Gasteiger partial charge in [0.15, 0.2) is 0 Å². The molecule has 3 heteroatoms. The average Bonchev–Trinajstić information content (AvgIpc) is 2.94. The van der Waals surface area contributed by atoms with Gasteiger partial charge in [0.1, 0.15) is 11.9 Å². The van der Waals surface area contributed by atoms with Gasteiger partial charge in [-0.15, -0.1) is 11.3 Å². The third-order valence-electron chi connectivity index (χ3n) is 3.52. The van der Waals surface area contributed by atoms with Crippen molar-refractivity contribution < 1.29 is 4.74 Å². The lowest BCUT2D eigenvalue weighted by Gasteiger charge is -2.18. The number of hydrogen-bond donors (Lipinski definition) is 1. The van der Waals surface area contributed by atoms with Crippen molar-refractivity contribution in [3.05, 3.63) is 51.7 Å². The van der Waals surface area contributed by atoms with E-state index in [0.717, 1.165) is 18.8 Å². The summed E-state index contributed by atoms with van der Waals surface area (Å²) in [6.45, 7) is 10.4. The third-order valence-corrected chi connectivity index (χ3v) is 4.39. The Bertz CT molecular complexity index is 548. The van der Waals surface area contributed by atoms with Crippen molar-refractivity contribution in [2.45, 2.75) is 46.3 Å². The second-order valence-electron chi connectivity index (χ2n) is 5.82. The normalized spacial score (nSPS) is 12.6. The Labute approximate surface area is 132 Å². The largest absolute Gasteiger partial charge is 0.489 e. The summed E-state index contributed by atoms with van der Waals surface area (Å²) < 4.78 is 6.10. The molecule has 0 amide bonds. The van der Waals surface area contributed by atoms with Crippen LogP contribution in [0.2, 0.25) is 0 Å². The van der Waals surface area contributed by atoms with Gasteiger partial charge >= 0.3 is 0 Å². The van der Waals surface area contributed by atoms with Gasteiger partial charge in [0.2, 0.25) is 0 Å². The number of nitrogens with one attached hydrogen (secondary N) is 1. The topological polar surface area (TPSA) is 21.3 Å². The summed E-state index contributed by atoms with van der Waals surface area (Å²) >= 11 is 1.78. The standard InChI is InChI=1S/C18H25NOS/c1-13(2)16-8-7-14(3)18(10-16)20-15(4)11-19-12-17-6-5-9-21-17/h5-10,13,15,19H,11-12H2,1-4H3. The van der Waals surface area contributed by atoms with Crippen molar-refractivity contribution in [1.29, 1.82) is 0 Å². The summed E-state index contributed by atoms with van der Waals surface area (Å²) in [5.41, 5.74) is 2.53. The highest BCUT2D eigenvalue weighted by Gasteiger charge is 2.09. The Hall–Kier alpha value is -1.32. The minimum Gasteiger partial charge on any atom is -0.489 e. The van der Waals surface area contributed by atoms with Crippen LogP contribution in [0, 0.1) is 6.92 Å². The zero-order valence-corrected chi connectivity index (χ0v) is 14.2. The molecule has 1 unspecified atom stereocenters. The predicted molar refractivity (Wildman–Crippen MR) is 91.4 cm³/mol. The molecule has 0 aliphatic heterocycles. The first-order chi connectivity index (χ1) is 10.1. The van der Waals surface area contributed by atoms with Crippen molar-refractivity contribution in [2.75, 3.05) is 6.54 Å². The number of aryl methyl sites for hydroxylation is 1. The fraction of sp³-hybridized carbons (Fsp3) is 0.444. The molecule has 0 spiro atoms. The lowest BCUT2D eigenvalue weighted by molar-refractivity contribution is 0.215. The first kappa shape index (κ1) is 16.1. The number of benzene rings is 1. The Morgan fingerprint density at radius 3 is 2.67 bits per heavy atom. The summed E-state index contributed by atoms with van der Waals surface area (Å²) in [4.78, 5) is 1.36. The third kappa shape index (κ3) is 4.87. The second kappa shape index (κ2) is 7.62. The van der Waals surface area contributed by atoms with Gasteiger partial charge in [-0.2, -0.15) is 0 Å². The molecule has 2 rings (SSSR count). The van der Waals surface area contributed by atoms with E-state index in [9.17, 15) is 0 Å². The second-order valence-corrected chi connectivity index (χ2v) is 6.85. The van der Waals surface area contributed by atoms with Crippen LogP contribution in [0.15, 0.2) is 35.7 Å². The fourth-order valence-electron chi connectivity index (χ4n) is 2.17. The van der Waals surface area contributed by atoms with E-state index in [-0.39, 0.29) is 6.10 Å². The van der Waals surface area contributed by atoms with Gasteiger partial charge < -0.3 is 10.1 Å². The molecule has 114 valence electrons. The maximum Gasteiger partial charge on any atom is 0.122 e. The highest BCUT2D eigenvalue weighted by atomic mass is 32.1. The van der Waals surface area contributed by atoms with Crippen molar-refractivity contribution in [3.8, 4) is 5.75 Å². The molecular formula is C18H25NOS. The molecule has 0 aliphatic carbocycles. The van der Waals surface area contributed by atoms with E-state index in [2.05, 4.69) is 68.7 Å². The highest BCUT2D eigenvalue weighted by Crippen LogP contribution is 2.25. The molecule has 2 aromatic rings. The van der Waals surface area contributed by atoms with Crippen LogP contribution in [-0.4, -0.2) is 12.6 Å². The van der Waals surface area contributed by atoms with E-state index in [1.54, 1.807) is 11.3 Å². The van der Waals surface area contributed by atoms with Crippen LogP contribution in [0.25, 0.3) is 0 Å². The molecule has 21 heavy (non-hydrogen) atoms. The highest BCUT2D eigenvalue weighted by molar-refractivity contribution is 7.09. The van der Waals surface area contributed by atoms with Crippen molar-refractivity contribution >= 4 is 11.3 Å². The smallest absolute Gasteiger partial charge is 0.122 e. The van der Waals surface area contributed by atoms with Crippen LogP contribution in [0.1, 0.15) is 42.7 Å². The maximum atomic E-state index is 6.10. The van der Waals surface area contributed by atoms with E-state index < -0.39 is 0 Å². The van der Waals surface area contributed by atoms with Crippen LogP contribution in [-0.2, 0) is 6.54 Å². The molecule has 1 aromatic heterocycles. The molecule has 0 aliphatic rings. The van der Waals surface area contributed by atoms with Crippen LogP contribution < -0.4 is 10.1 Å². The zero-order valence-electron chi connectivity index (χ0n) is 13.3. The van der Waals surface area contributed by atoms with E-state index in [0.29, 0.717) is 5.92 Å². The van der Waals surface area contributed by atoms with Crippen molar-refractivity contribution in [1.82, 2.24) is 5.32 Å². The van der Waals surface area contributed by atoms with Crippen molar-refractivity contribution in [3.63, 3.8) is 0 Å². The van der Waals surface area contributed by atoms with Crippen LogP contribution in [0.5, 0.6) is 5.75 Å². The minimum absolute atomic E-state index is 0.158. The number of hydrogen-bond acceptors (Lipinski definition) is 3. The molecular weight excluding hydrogens is 278 g/mol. The fourth-order valence-corrected chi connectivity index (χ4v) is 2.85. The van der Waals surface area contributed by atoms with Gasteiger partial charge in [0, 0.05) is 18.0 Å². The lowest BCUT2D eigenvalue weighted by atomic mass is 10.0. The molecule has 0 saturated heterocycles. The van der Waals surface area contributed by atoms with E-state index in [1.807, 2.05) is 0 Å². The number of thiophene rings is 1. The van der Waals surface area contributed by atoms with Crippen LogP contribution in [0.3, 0.4) is 0 Å². The summed E-state index contributed by atoms with van der Waals surface area (Å²) in [7, 11) is 0. The van der Waals surface area contributed by atoms with Gasteiger partial charge in [0.05, 0.1) is 0 Å². The van der Waals surface area contributed by atoms with Crippen LogP contribution in [0.4, 0.5) is 0 Å². The maximum absolute atomic E-state index is 6.10. The molecule has 1 heterocycles. The summed E-state index contributed by atoms with van der Waals surface area (Å²) in [6, 6.07) is 10.8. The number of ether oxygens (including phenoxy) is 1. The minimum atomic E-state index is 0.158. The summed E-state index contributed by atoms with van der Waals surface area (Å²) in [6.07, 6.45) is 0.158. The molecule has 0 radical (unpaired) electrons. The van der Waals surface area contributed by atoms with E-state index >= 15 is 0 Å². The predicted octanol–water partition coefficient (Wildman–Crippen LogP) is 4.74. The van der Waals surface area contributed by atoms with Gasteiger partial charge in [-0.05, 0) is 48.4 Å². The first-order valence-electron chi connectivity index (χ1n) is 7.56. The van der Waals surface area contributed by atoms with Gasteiger partial charge in [0.25, 0.3) is 0 Å². The van der Waals surface area contributed by atoms with E-state index in [1.165, 1.54) is 16.0 Å². The first-order valence-corrected chi connectivity index (χ1v) is 8.44. The molecule has 0 fully saturated rings. The van der Waals surface area contributed by atoms with Crippen molar-refractivity contribution in [2.24, 2.45) is 0 Å². The van der Waals surface area contributed by atoms with Gasteiger partial charge in [-0.1, -0.05) is 32.0 Å². The molecule has 0 bridgehead atoms. The molecule has 2 nitrogen and oxygen atoms in total. The Balaban J connectivity index is 1.86. The van der Waals surface area contributed by atoms with Gasteiger partial charge in [-0.3, -0.25) is 0 Å². The molecule has 1 aromatic carbocycles. The molecule has 1 N–H and O–H groups in total. The monoisotopic (exact) mass is 303 g/mol. The van der Waals surface area contributed by atoms with Crippen LogP contribution >= 0.6 is 11.3 Å². The Morgan fingerprint density at radius 2 is 2.00 bits per heavy atom.